The van der Waals surface area contributed by atoms with Crippen LogP contribution in [0.2, 0.25) is 0 Å². The molecule has 0 saturated carbocycles. The van der Waals surface area contributed by atoms with Crippen LogP contribution in [0.1, 0.15) is 26.3 Å². The number of thiophene rings is 1. The fourth-order valence-electron chi connectivity index (χ4n) is 1.66. The number of aromatic nitrogens is 1. The van der Waals surface area contributed by atoms with Gasteiger partial charge in [0.25, 0.3) is 0 Å². The number of halogens is 1. The van der Waals surface area contributed by atoms with E-state index in [1.54, 1.807) is 23.6 Å². The summed E-state index contributed by atoms with van der Waals surface area (Å²) in [5.74, 6) is 0.0978. The smallest absolute Gasteiger partial charge is 0.331 e. The van der Waals surface area contributed by atoms with Crippen molar-refractivity contribution in [2.75, 3.05) is 5.73 Å². The fourth-order valence-corrected chi connectivity index (χ4v) is 3.40. The highest BCUT2D eigenvalue weighted by Crippen LogP contribution is 2.35. The zero-order chi connectivity index (χ0) is 14.9. The molecule has 0 fully saturated rings. The number of hydrogen-bond donors (Lipinski definition) is 1. The van der Waals surface area contributed by atoms with E-state index in [0.29, 0.717) is 5.82 Å². The highest BCUT2D eigenvalue weighted by Gasteiger charge is 2.14. The van der Waals surface area contributed by atoms with Crippen molar-refractivity contribution in [3.63, 3.8) is 0 Å². The summed E-state index contributed by atoms with van der Waals surface area (Å²) in [7, 11) is 0. The lowest BCUT2D eigenvalue weighted by Crippen LogP contribution is -2.22. The maximum absolute atomic E-state index is 11.7. The number of rotatable bonds is 2. The summed E-state index contributed by atoms with van der Waals surface area (Å²) in [6, 6.07) is 0. The molecular formula is C14H15BrN2O2S. The van der Waals surface area contributed by atoms with Gasteiger partial charge < -0.3 is 10.5 Å². The zero-order valence-electron chi connectivity index (χ0n) is 11.4. The third kappa shape index (κ3) is 3.37. The van der Waals surface area contributed by atoms with Gasteiger partial charge in [0.2, 0.25) is 0 Å². The Hall–Kier alpha value is -1.40. The van der Waals surface area contributed by atoms with E-state index in [1.165, 1.54) is 6.08 Å². The van der Waals surface area contributed by atoms with E-state index in [-0.39, 0.29) is 5.97 Å². The van der Waals surface area contributed by atoms with Crippen molar-refractivity contribution in [2.24, 2.45) is 0 Å². The molecule has 2 aromatic heterocycles. The molecule has 0 spiro atoms. The molecule has 0 aliphatic carbocycles. The van der Waals surface area contributed by atoms with Crippen molar-refractivity contribution in [2.45, 2.75) is 26.4 Å². The predicted molar refractivity (Wildman–Crippen MR) is 86.6 cm³/mol. The number of nitrogen functional groups attached to an aromatic ring is 1. The second kappa shape index (κ2) is 5.54. The van der Waals surface area contributed by atoms with Crippen molar-refractivity contribution < 1.29 is 9.53 Å². The number of hydrogen-bond acceptors (Lipinski definition) is 5. The Morgan fingerprint density at radius 3 is 2.85 bits per heavy atom. The molecule has 2 heterocycles. The van der Waals surface area contributed by atoms with Gasteiger partial charge in [0.1, 0.15) is 11.4 Å². The molecule has 0 aliphatic rings. The molecule has 2 rings (SSSR count). The Morgan fingerprint density at radius 2 is 2.20 bits per heavy atom. The lowest BCUT2D eigenvalue weighted by atomic mass is 10.2. The minimum absolute atomic E-state index is 0.377. The Kier molecular flexibility index (Phi) is 4.15. The number of carbonyl (C=O) groups excluding carboxylic acids is 1. The largest absolute Gasteiger partial charge is 0.457 e. The Labute approximate surface area is 129 Å². The summed E-state index contributed by atoms with van der Waals surface area (Å²) in [6.45, 7) is 5.49. The molecule has 20 heavy (non-hydrogen) atoms. The van der Waals surface area contributed by atoms with Crippen LogP contribution in [0.15, 0.2) is 22.1 Å². The van der Waals surface area contributed by atoms with Gasteiger partial charge in [0.15, 0.2) is 0 Å². The van der Waals surface area contributed by atoms with Gasteiger partial charge >= 0.3 is 5.97 Å². The molecule has 0 aliphatic heterocycles. The Bertz CT molecular complexity index is 686. The quantitative estimate of drug-likeness (QED) is 0.653. The van der Waals surface area contributed by atoms with E-state index in [9.17, 15) is 4.79 Å². The van der Waals surface area contributed by atoms with Crippen LogP contribution < -0.4 is 5.73 Å². The monoisotopic (exact) mass is 354 g/mol. The normalized spacial score (nSPS) is 12.2. The van der Waals surface area contributed by atoms with Gasteiger partial charge in [-0.25, -0.2) is 9.78 Å². The van der Waals surface area contributed by atoms with Gasteiger partial charge in [-0.05, 0) is 42.8 Å². The van der Waals surface area contributed by atoms with Crippen LogP contribution in [0.5, 0.6) is 0 Å². The van der Waals surface area contributed by atoms with Crippen molar-refractivity contribution in [3.05, 3.63) is 27.7 Å². The Balaban J connectivity index is 2.31. The number of nitrogens with zero attached hydrogens (tertiary/aromatic N) is 1. The molecule has 2 aromatic rings. The molecule has 0 saturated heterocycles. The van der Waals surface area contributed by atoms with Crippen LogP contribution >= 0.6 is 27.3 Å². The van der Waals surface area contributed by atoms with Crippen LogP contribution in [0.4, 0.5) is 5.82 Å². The SMILES string of the molecule is CC(C)(C)OC(=O)C=Cc1cnc(N)c2c(Br)csc12. The number of nitrogens with two attached hydrogens (primary N) is 1. The minimum atomic E-state index is -0.498. The second-order valence-corrected chi connectivity index (χ2v) is 6.99. The van der Waals surface area contributed by atoms with Crippen LogP contribution in [-0.4, -0.2) is 16.6 Å². The molecule has 6 heteroatoms. The molecule has 0 radical (unpaired) electrons. The standard InChI is InChI=1S/C14H15BrN2O2S/c1-14(2,3)19-10(18)5-4-8-6-17-13(16)11-9(15)7-20-12(8)11/h4-7H,1-3H3,(H2,16,17). The molecule has 0 amide bonds. The second-order valence-electron chi connectivity index (χ2n) is 5.25. The first-order valence-electron chi connectivity index (χ1n) is 6.00. The number of carbonyl (C=O) groups is 1. The third-order valence-corrected chi connectivity index (χ3v) is 4.37. The molecule has 106 valence electrons. The van der Waals surface area contributed by atoms with E-state index in [0.717, 1.165) is 20.1 Å². The van der Waals surface area contributed by atoms with Crippen LogP contribution in [-0.2, 0) is 9.53 Å². The van der Waals surface area contributed by atoms with Crippen molar-refractivity contribution >= 4 is 55.2 Å². The van der Waals surface area contributed by atoms with E-state index in [4.69, 9.17) is 10.5 Å². The highest BCUT2D eigenvalue weighted by atomic mass is 79.9. The maximum atomic E-state index is 11.7. The number of fused-ring (bicyclic) bond motifs is 1. The van der Waals surface area contributed by atoms with Crippen molar-refractivity contribution in [3.8, 4) is 0 Å². The predicted octanol–water partition coefficient (Wildman–Crippen LogP) is 4.00. The summed E-state index contributed by atoms with van der Waals surface area (Å²) >= 11 is 5.00. The maximum Gasteiger partial charge on any atom is 0.331 e. The van der Waals surface area contributed by atoms with Gasteiger partial charge in [-0.3, -0.25) is 0 Å². The first kappa shape index (κ1) is 15.0. The van der Waals surface area contributed by atoms with E-state index in [2.05, 4.69) is 20.9 Å². The highest BCUT2D eigenvalue weighted by molar-refractivity contribution is 9.10. The number of ether oxygens (including phenoxy) is 1. The van der Waals surface area contributed by atoms with Gasteiger partial charge in [0.05, 0.1) is 0 Å². The lowest BCUT2D eigenvalue weighted by Gasteiger charge is -2.17. The number of esters is 1. The lowest BCUT2D eigenvalue weighted by molar-refractivity contribution is -0.148. The summed E-state index contributed by atoms with van der Waals surface area (Å²) in [6.07, 6.45) is 4.76. The van der Waals surface area contributed by atoms with Gasteiger partial charge in [-0.1, -0.05) is 0 Å². The molecule has 0 unspecified atom stereocenters. The number of anilines is 1. The van der Waals surface area contributed by atoms with Crippen LogP contribution in [0, 0.1) is 0 Å². The van der Waals surface area contributed by atoms with E-state index in [1.807, 2.05) is 26.2 Å². The summed E-state index contributed by atoms with van der Waals surface area (Å²) in [5.41, 5.74) is 6.20. The topological polar surface area (TPSA) is 65.2 Å². The first-order valence-corrected chi connectivity index (χ1v) is 7.67. The van der Waals surface area contributed by atoms with Gasteiger partial charge in [0, 0.05) is 37.8 Å². The third-order valence-electron chi connectivity index (χ3n) is 2.41. The Morgan fingerprint density at radius 1 is 1.50 bits per heavy atom. The summed E-state index contributed by atoms with van der Waals surface area (Å²) in [5, 5.41) is 2.83. The summed E-state index contributed by atoms with van der Waals surface area (Å²) < 4.78 is 7.13. The molecule has 0 aromatic carbocycles. The minimum Gasteiger partial charge on any atom is -0.457 e. The molecule has 0 bridgehead atoms. The van der Waals surface area contributed by atoms with Crippen LogP contribution in [0.3, 0.4) is 0 Å². The summed E-state index contributed by atoms with van der Waals surface area (Å²) in [4.78, 5) is 15.8. The van der Waals surface area contributed by atoms with Crippen molar-refractivity contribution in [1.29, 1.82) is 0 Å². The number of pyridine rings is 1. The average molecular weight is 355 g/mol. The van der Waals surface area contributed by atoms with Crippen LogP contribution in [0.25, 0.3) is 16.2 Å². The van der Waals surface area contributed by atoms with E-state index >= 15 is 0 Å². The molecular weight excluding hydrogens is 340 g/mol. The van der Waals surface area contributed by atoms with Crippen molar-refractivity contribution in [1.82, 2.24) is 4.98 Å². The van der Waals surface area contributed by atoms with Gasteiger partial charge in [-0.2, -0.15) is 0 Å². The fraction of sp³-hybridized carbons (Fsp3) is 0.286. The zero-order valence-corrected chi connectivity index (χ0v) is 13.8. The average Bonchev–Trinajstić information content (AvgIpc) is 2.69. The molecule has 2 N–H and O–H groups in total. The molecule has 0 atom stereocenters. The first-order chi connectivity index (χ1) is 9.28. The van der Waals surface area contributed by atoms with E-state index < -0.39 is 5.60 Å². The molecule has 4 nitrogen and oxygen atoms in total. The van der Waals surface area contributed by atoms with Gasteiger partial charge in [-0.15, -0.1) is 11.3 Å².